The average Bonchev–Trinajstić information content (AvgIpc) is 2.26. The van der Waals surface area contributed by atoms with Crippen LogP contribution in [-0.2, 0) is 4.74 Å². The summed E-state index contributed by atoms with van der Waals surface area (Å²) in [6.45, 7) is 0. The molecule has 1 aromatic carbocycles. The largest absolute Gasteiger partial charge is 0.493 e. The zero-order valence-electron chi connectivity index (χ0n) is 8.33. The second kappa shape index (κ2) is 4.81. The Morgan fingerprint density at radius 3 is 2.36 bits per heavy atom. The molecule has 0 aliphatic carbocycles. The van der Waals surface area contributed by atoms with Crippen LogP contribution in [-0.4, -0.2) is 21.3 Å². The van der Waals surface area contributed by atoms with E-state index in [1.807, 2.05) is 0 Å². The minimum absolute atomic E-state index is 0.245. The molecule has 0 unspecified atom stereocenters. The molecular formula is C10H12FO3. The Labute approximate surface area is 82.4 Å². The van der Waals surface area contributed by atoms with E-state index in [1.165, 1.54) is 21.3 Å². The van der Waals surface area contributed by atoms with Gasteiger partial charge in [-0.3, -0.25) is 0 Å². The van der Waals surface area contributed by atoms with Gasteiger partial charge in [-0.25, -0.2) is 0 Å². The van der Waals surface area contributed by atoms with Gasteiger partial charge in [-0.15, -0.1) is 0 Å². The van der Waals surface area contributed by atoms with Gasteiger partial charge in [0, 0.05) is 7.11 Å². The Kier molecular flexibility index (Phi) is 3.71. The summed E-state index contributed by atoms with van der Waals surface area (Å²) in [6.07, 6.45) is -0.694. The van der Waals surface area contributed by atoms with E-state index in [0.29, 0.717) is 11.5 Å². The number of halogens is 1. The fourth-order valence-corrected chi connectivity index (χ4v) is 1.15. The van der Waals surface area contributed by atoms with Crippen molar-refractivity contribution in [2.24, 2.45) is 0 Å². The molecule has 0 bridgehead atoms. The van der Waals surface area contributed by atoms with Crippen LogP contribution < -0.4 is 9.47 Å². The van der Waals surface area contributed by atoms with E-state index in [4.69, 9.17) is 9.47 Å². The van der Waals surface area contributed by atoms with Gasteiger partial charge in [-0.2, -0.15) is 4.39 Å². The van der Waals surface area contributed by atoms with Crippen LogP contribution in [0.3, 0.4) is 0 Å². The van der Waals surface area contributed by atoms with Crippen molar-refractivity contribution in [1.82, 2.24) is 0 Å². The quantitative estimate of drug-likeness (QED) is 0.743. The molecule has 0 amide bonds. The van der Waals surface area contributed by atoms with Gasteiger partial charge in [0.2, 0.25) is 0 Å². The molecule has 0 aromatic heterocycles. The van der Waals surface area contributed by atoms with E-state index in [1.54, 1.807) is 18.2 Å². The van der Waals surface area contributed by atoms with Crippen molar-refractivity contribution >= 4 is 0 Å². The molecule has 1 rings (SSSR count). The van der Waals surface area contributed by atoms with Gasteiger partial charge in [0.25, 0.3) is 0 Å². The summed E-state index contributed by atoms with van der Waals surface area (Å²) < 4.78 is 27.7. The van der Waals surface area contributed by atoms with Crippen molar-refractivity contribution in [3.05, 3.63) is 30.1 Å². The standard InChI is InChI=1S/C10H12FO3/c1-12-8-6-4-5-7(9(8)13-2)10(11)14-3/h4-6H,1-3H3. The minimum Gasteiger partial charge on any atom is -0.493 e. The summed E-state index contributed by atoms with van der Waals surface area (Å²) in [5.41, 5.74) is 0.245. The second-order valence-electron chi connectivity index (χ2n) is 2.52. The zero-order chi connectivity index (χ0) is 10.6. The van der Waals surface area contributed by atoms with Gasteiger partial charge in [-0.05, 0) is 12.1 Å². The van der Waals surface area contributed by atoms with E-state index in [-0.39, 0.29) is 5.56 Å². The predicted molar refractivity (Wildman–Crippen MR) is 50.0 cm³/mol. The van der Waals surface area contributed by atoms with Crippen LogP contribution in [0.2, 0.25) is 0 Å². The zero-order valence-corrected chi connectivity index (χ0v) is 8.33. The average molecular weight is 199 g/mol. The normalized spacial score (nSPS) is 10.4. The van der Waals surface area contributed by atoms with Crippen molar-refractivity contribution in [2.45, 2.75) is 0 Å². The molecule has 0 saturated heterocycles. The monoisotopic (exact) mass is 199 g/mol. The van der Waals surface area contributed by atoms with Gasteiger partial charge in [0.05, 0.1) is 19.8 Å². The highest BCUT2D eigenvalue weighted by Crippen LogP contribution is 2.35. The van der Waals surface area contributed by atoms with Crippen LogP contribution in [0.1, 0.15) is 5.56 Å². The van der Waals surface area contributed by atoms with Crippen LogP contribution in [0.25, 0.3) is 0 Å². The number of hydrogen-bond donors (Lipinski definition) is 0. The lowest BCUT2D eigenvalue weighted by molar-refractivity contribution is 0.129. The predicted octanol–water partition coefficient (Wildman–Crippen LogP) is 2.16. The lowest BCUT2D eigenvalue weighted by Crippen LogP contribution is -2.00. The Morgan fingerprint density at radius 1 is 1.14 bits per heavy atom. The molecule has 77 valence electrons. The SMILES string of the molecule is CO[C](F)c1cccc(OC)c1OC. The topological polar surface area (TPSA) is 27.7 Å². The van der Waals surface area contributed by atoms with E-state index < -0.39 is 6.36 Å². The molecule has 0 atom stereocenters. The minimum atomic E-state index is -0.694. The highest BCUT2D eigenvalue weighted by atomic mass is 19.1. The highest BCUT2D eigenvalue weighted by Gasteiger charge is 2.19. The first-order valence-electron chi connectivity index (χ1n) is 4.02. The number of benzene rings is 1. The van der Waals surface area contributed by atoms with Crippen LogP contribution >= 0.6 is 0 Å². The Morgan fingerprint density at radius 2 is 1.86 bits per heavy atom. The van der Waals surface area contributed by atoms with E-state index >= 15 is 0 Å². The summed E-state index contributed by atoms with van der Waals surface area (Å²) in [5, 5.41) is 0. The lowest BCUT2D eigenvalue weighted by atomic mass is 10.2. The first-order chi connectivity index (χ1) is 6.74. The van der Waals surface area contributed by atoms with E-state index in [0.717, 1.165) is 0 Å². The maximum Gasteiger partial charge on any atom is 0.303 e. The molecule has 1 aromatic rings. The fourth-order valence-electron chi connectivity index (χ4n) is 1.15. The van der Waals surface area contributed by atoms with Crippen molar-refractivity contribution < 1.29 is 18.6 Å². The Balaban J connectivity index is 3.14. The molecule has 0 fully saturated rings. The van der Waals surface area contributed by atoms with E-state index in [2.05, 4.69) is 4.74 Å². The lowest BCUT2D eigenvalue weighted by Gasteiger charge is -2.13. The third-order valence-electron chi connectivity index (χ3n) is 1.79. The van der Waals surface area contributed by atoms with Crippen LogP contribution in [0.5, 0.6) is 11.5 Å². The molecule has 3 nitrogen and oxygen atoms in total. The summed E-state index contributed by atoms with van der Waals surface area (Å²) >= 11 is 0. The maximum absolute atomic E-state index is 13.2. The number of hydrogen-bond acceptors (Lipinski definition) is 3. The number of para-hydroxylation sites is 1. The van der Waals surface area contributed by atoms with Gasteiger partial charge in [-0.1, -0.05) is 6.07 Å². The molecule has 0 spiro atoms. The third kappa shape index (κ3) is 1.96. The molecule has 0 heterocycles. The van der Waals surface area contributed by atoms with Gasteiger partial charge >= 0.3 is 6.36 Å². The van der Waals surface area contributed by atoms with Crippen LogP contribution in [0, 0.1) is 6.36 Å². The third-order valence-corrected chi connectivity index (χ3v) is 1.79. The molecule has 0 saturated carbocycles. The summed E-state index contributed by atoms with van der Waals surface area (Å²) in [6, 6.07) is 4.90. The number of ether oxygens (including phenoxy) is 3. The smallest absolute Gasteiger partial charge is 0.303 e. The first kappa shape index (κ1) is 10.8. The molecular weight excluding hydrogens is 187 g/mol. The number of rotatable bonds is 4. The van der Waals surface area contributed by atoms with Crippen molar-refractivity contribution in [3.63, 3.8) is 0 Å². The highest BCUT2D eigenvalue weighted by molar-refractivity contribution is 5.50. The molecule has 4 heteroatoms. The van der Waals surface area contributed by atoms with Crippen molar-refractivity contribution in [1.29, 1.82) is 0 Å². The van der Waals surface area contributed by atoms with Crippen LogP contribution in [0.4, 0.5) is 4.39 Å². The van der Waals surface area contributed by atoms with E-state index in [9.17, 15) is 4.39 Å². The van der Waals surface area contributed by atoms with Crippen molar-refractivity contribution in [2.75, 3.05) is 21.3 Å². The van der Waals surface area contributed by atoms with Crippen LogP contribution in [0.15, 0.2) is 18.2 Å². The molecule has 0 aliphatic rings. The van der Waals surface area contributed by atoms with Gasteiger partial charge < -0.3 is 14.2 Å². The molecule has 14 heavy (non-hydrogen) atoms. The summed E-state index contributed by atoms with van der Waals surface area (Å²) in [7, 11) is 4.20. The van der Waals surface area contributed by atoms with Gasteiger partial charge in [0.15, 0.2) is 11.5 Å². The maximum atomic E-state index is 13.2. The number of methoxy groups -OCH3 is 3. The Bertz CT molecular complexity index is 301. The summed E-state index contributed by atoms with van der Waals surface area (Å²) in [4.78, 5) is 0. The molecule has 0 aliphatic heterocycles. The fraction of sp³-hybridized carbons (Fsp3) is 0.300. The summed E-state index contributed by atoms with van der Waals surface area (Å²) in [5.74, 6) is 0.798. The molecule has 0 N–H and O–H groups in total. The Hall–Kier alpha value is -1.29. The van der Waals surface area contributed by atoms with Crippen molar-refractivity contribution in [3.8, 4) is 11.5 Å². The molecule has 1 radical (unpaired) electrons. The van der Waals surface area contributed by atoms with Gasteiger partial charge in [0.1, 0.15) is 0 Å². The first-order valence-corrected chi connectivity index (χ1v) is 4.02. The second-order valence-corrected chi connectivity index (χ2v) is 2.52.